The Morgan fingerprint density at radius 1 is 1.24 bits per heavy atom. The van der Waals surface area contributed by atoms with E-state index in [2.05, 4.69) is 46.6 Å². The van der Waals surface area contributed by atoms with E-state index < -0.39 is 0 Å². The average molecular weight is 494 g/mol. The van der Waals surface area contributed by atoms with Crippen LogP contribution in [0.3, 0.4) is 0 Å². The number of thioether (sulfide) groups is 1. The number of nitrogens with one attached hydrogen (secondary N) is 1. The van der Waals surface area contributed by atoms with Gasteiger partial charge in [0.1, 0.15) is 10.7 Å². The van der Waals surface area contributed by atoms with Crippen molar-refractivity contribution in [1.82, 2.24) is 24.4 Å². The number of rotatable bonds is 5. The highest BCUT2D eigenvalue weighted by molar-refractivity contribution is 7.98. The fraction of sp³-hybridized carbons (Fsp3) is 0.360. The molecule has 4 aromatic rings. The number of aryl methyl sites for hydroxylation is 3. The van der Waals surface area contributed by atoms with E-state index in [4.69, 9.17) is 4.98 Å². The van der Waals surface area contributed by atoms with E-state index in [0.29, 0.717) is 45.8 Å². The summed E-state index contributed by atoms with van der Waals surface area (Å²) in [5.74, 6) is 1.19. The zero-order valence-corrected chi connectivity index (χ0v) is 21.1. The van der Waals surface area contributed by atoms with Gasteiger partial charge in [-0.1, -0.05) is 17.7 Å². The zero-order chi connectivity index (χ0) is 23.8. The van der Waals surface area contributed by atoms with Crippen LogP contribution < -0.4 is 5.56 Å². The Morgan fingerprint density at radius 3 is 2.76 bits per heavy atom. The summed E-state index contributed by atoms with van der Waals surface area (Å²) < 4.78 is 2.12. The Bertz CT molecular complexity index is 1400. The second-order valence-corrected chi connectivity index (χ2v) is 10.9. The van der Waals surface area contributed by atoms with E-state index >= 15 is 0 Å². The lowest BCUT2D eigenvalue weighted by molar-refractivity contribution is 0.0699. The van der Waals surface area contributed by atoms with Crippen LogP contribution in [-0.4, -0.2) is 43.4 Å². The Hall–Kier alpha value is -2.91. The lowest BCUT2D eigenvalue weighted by atomic mass is 10.0. The number of piperidine rings is 1. The highest BCUT2D eigenvalue weighted by Crippen LogP contribution is 2.31. The molecule has 1 aromatic carbocycles. The maximum absolute atomic E-state index is 13.3. The summed E-state index contributed by atoms with van der Waals surface area (Å²) >= 11 is 2.99. The number of imidazole rings is 1. The third-order valence-electron chi connectivity index (χ3n) is 6.45. The summed E-state index contributed by atoms with van der Waals surface area (Å²) in [7, 11) is 0. The molecular weight excluding hydrogens is 466 g/mol. The maximum Gasteiger partial charge on any atom is 0.264 e. The van der Waals surface area contributed by atoms with Crippen molar-refractivity contribution in [2.24, 2.45) is 0 Å². The molecule has 1 aliphatic rings. The van der Waals surface area contributed by atoms with Gasteiger partial charge in [-0.3, -0.25) is 9.59 Å². The first kappa shape index (κ1) is 22.9. The number of thiophene rings is 1. The lowest BCUT2D eigenvalue weighted by Crippen LogP contribution is -2.38. The molecule has 1 amide bonds. The molecule has 7 nitrogen and oxygen atoms in total. The van der Waals surface area contributed by atoms with Gasteiger partial charge in [0, 0.05) is 36.4 Å². The number of H-pyrrole nitrogens is 1. The quantitative estimate of drug-likeness (QED) is 0.401. The smallest absolute Gasteiger partial charge is 0.264 e. The van der Waals surface area contributed by atoms with Gasteiger partial charge in [-0.25, -0.2) is 9.97 Å². The van der Waals surface area contributed by atoms with E-state index in [1.54, 1.807) is 18.0 Å². The molecule has 0 aliphatic carbocycles. The van der Waals surface area contributed by atoms with Gasteiger partial charge in [0.25, 0.3) is 11.5 Å². The second-order valence-electron chi connectivity index (χ2n) is 8.84. The number of aromatic nitrogens is 4. The summed E-state index contributed by atoms with van der Waals surface area (Å²) in [6.45, 7) is 7.39. The number of fused-ring (bicyclic) bond motifs is 1. The topological polar surface area (TPSA) is 83.9 Å². The summed E-state index contributed by atoms with van der Waals surface area (Å²) in [6, 6.07) is 6.73. The van der Waals surface area contributed by atoms with Crippen LogP contribution in [0.5, 0.6) is 0 Å². The molecular formula is C25H27N5O2S2. The minimum absolute atomic E-state index is 0.00436. The third-order valence-corrected chi connectivity index (χ3v) is 8.79. The zero-order valence-electron chi connectivity index (χ0n) is 19.5. The first-order chi connectivity index (χ1) is 16.4. The Balaban J connectivity index is 1.34. The summed E-state index contributed by atoms with van der Waals surface area (Å²) in [5, 5.41) is 0.530. The minimum atomic E-state index is -0.173. The normalized spacial score (nSPS) is 14.7. The largest absolute Gasteiger partial charge is 0.338 e. The molecule has 0 bridgehead atoms. The number of benzene rings is 1. The number of hydrogen-bond donors (Lipinski definition) is 1. The molecule has 0 spiro atoms. The van der Waals surface area contributed by atoms with Gasteiger partial charge in [0.15, 0.2) is 0 Å². The van der Waals surface area contributed by atoms with Gasteiger partial charge in [0.2, 0.25) is 0 Å². The van der Waals surface area contributed by atoms with Gasteiger partial charge in [-0.15, -0.1) is 23.1 Å². The number of aromatic amines is 1. The van der Waals surface area contributed by atoms with Crippen LogP contribution in [-0.2, 0) is 5.75 Å². The Kier molecular flexibility index (Phi) is 6.31. The molecule has 0 unspecified atom stereocenters. The third kappa shape index (κ3) is 4.42. The molecule has 176 valence electrons. The van der Waals surface area contributed by atoms with E-state index in [-0.39, 0.29) is 11.5 Å². The molecule has 1 fully saturated rings. The van der Waals surface area contributed by atoms with Crippen molar-refractivity contribution in [3.63, 3.8) is 0 Å². The molecule has 1 aliphatic heterocycles. The van der Waals surface area contributed by atoms with Crippen molar-refractivity contribution < 1.29 is 4.79 Å². The van der Waals surface area contributed by atoms with Crippen LogP contribution in [0, 0.1) is 20.8 Å². The standard InChI is InChI=1S/C25H27N5O2S2/c1-15-4-5-16(2)19(12-15)33-13-20-27-23(31)21-17(3)22(34-24(21)28-20)25(32)29-9-6-18(7-10-29)30-11-8-26-14-30/h4-5,8,11-12,14,18H,6-7,9-10,13H2,1-3H3,(H,27,28,31). The predicted molar refractivity (Wildman–Crippen MR) is 137 cm³/mol. The summed E-state index contributed by atoms with van der Waals surface area (Å²) in [6.07, 6.45) is 7.39. The van der Waals surface area contributed by atoms with Crippen molar-refractivity contribution in [2.45, 2.75) is 50.3 Å². The van der Waals surface area contributed by atoms with E-state index in [1.807, 2.05) is 24.3 Å². The molecule has 0 saturated carbocycles. The molecule has 4 heterocycles. The maximum atomic E-state index is 13.3. The molecule has 1 N–H and O–H groups in total. The number of nitrogens with zero attached hydrogens (tertiary/aromatic N) is 4. The Labute approximate surface area is 206 Å². The number of likely N-dealkylation sites (tertiary alicyclic amines) is 1. The van der Waals surface area contributed by atoms with E-state index in [0.717, 1.165) is 18.4 Å². The highest BCUT2D eigenvalue weighted by Gasteiger charge is 2.28. The van der Waals surface area contributed by atoms with Crippen LogP contribution >= 0.6 is 23.1 Å². The van der Waals surface area contributed by atoms with Crippen LogP contribution in [0.2, 0.25) is 0 Å². The monoisotopic (exact) mass is 493 g/mol. The van der Waals surface area contributed by atoms with Crippen molar-refractivity contribution in [2.75, 3.05) is 13.1 Å². The fourth-order valence-corrected chi connectivity index (χ4v) is 6.63. The first-order valence-electron chi connectivity index (χ1n) is 11.4. The molecule has 34 heavy (non-hydrogen) atoms. The van der Waals surface area contributed by atoms with Gasteiger partial charge in [-0.05, 0) is 50.8 Å². The predicted octanol–water partition coefficient (Wildman–Crippen LogP) is 4.88. The first-order valence-corrected chi connectivity index (χ1v) is 13.2. The van der Waals surface area contributed by atoms with Crippen LogP contribution in [0.1, 0.15) is 51.1 Å². The number of carbonyl (C=O) groups excluding carboxylic acids is 1. The average Bonchev–Trinajstić information content (AvgIpc) is 3.48. The van der Waals surface area contributed by atoms with E-state index in [9.17, 15) is 9.59 Å². The molecule has 5 rings (SSSR count). The Morgan fingerprint density at radius 2 is 2.03 bits per heavy atom. The van der Waals surface area contributed by atoms with Crippen molar-refractivity contribution in [1.29, 1.82) is 0 Å². The van der Waals surface area contributed by atoms with Gasteiger partial charge in [-0.2, -0.15) is 0 Å². The van der Waals surface area contributed by atoms with Crippen LogP contribution in [0.4, 0.5) is 0 Å². The van der Waals surface area contributed by atoms with Crippen molar-refractivity contribution in [3.8, 4) is 0 Å². The lowest BCUT2D eigenvalue weighted by Gasteiger charge is -2.32. The van der Waals surface area contributed by atoms with Crippen molar-refractivity contribution >= 4 is 39.2 Å². The number of amides is 1. The second kappa shape index (κ2) is 9.38. The fourth-order valence-electron chi connectivity index (χ4n) is 4.47. The molecule has 3 aromatic heterocycles. The molecule has 1 saturated heterocycles. The van der Waals surface area contributed by atoms with Gasteiger partial charge >= 0.3 is 0 Å². The number of hydrogen-bond acceptors (Lipinski definition) is 6. The molecule has 0 radical (unpaired) electrons. The van der Waals surface area contributed by atoms with E-state index in [1.165, 1.54) is 27.4 Å². The summed E-state index contributed by atoms with van der Waals surface area (Å²) in [4.78, 5) is 42.4. The van der Waals surface area contributed by atoms with Gasteiger partial charge < -0.3 is 14.5 Å². The molecule has 0 atom stereocenters. The summed E-state index contributed by atoms with van der Waals surface area (Å²) in [5.41, 5.74) is 2.96. The van der Waals surface area contributed by atoms with Gasteiger partial charge in [0.05, 0.1) is 22.3 Å². The minimum Gasteiger partial charge on any atom is -0.338 e. The number of carbonyl (C=O) groups is 1. The van der Waals surface area contributed by atoms with Crippen molar-refractivity contribution in [3.05, 3.63) is 74.7 Å². The SMILES string of the molecule is Cc1ccc(C)c(SCc2nc3sc(C(=O)N4CCC(n5ccnc5)CC4)c(C)c3c(=O)[nH]2)c1. The van der Waals surface area contributed by atoms with Crippen LogP contribution in [0.25, 0.3) is 10.2 Å². The highest BCUT2D eigenvalue weighted by atomic mass is 32.2. The molecule has 9 heteroatoms. The van der Waals surface area contributed by atoms with Crippen LogP contribution in [0.15, 0.2) is 46.6 Å².